The summed E-state index contributed by atoms with van der Waals surface area (Å²) in [6.07, 6.45) is 4.01. The van der Waals surface area contributed by atoms with Crippen molar-refractivity contribution in [3.05, 3.63) is 0 Å². The summed E-state index contributed by atoms with van der Waals surface area (Å²) in [5, 5.41) is 6.52. The minimum Gasteiger partial charge on any atom is -0.370 e. The van der Waals surface area contributed by atoms with Crippen LogP contribution in [0.4, 0.5) is 0 Å². The van der Waals surface area contributed by atoms with E-state index in [0.717, 1.165) is 25.6 Å². The lowest BCUT2D eigenvalue weighted by atomic mass is 9.86. The first-order chi connectivity index (χ1) is 7.47. The molecule has 0 spiro atoms. The van der Waals surface area contributed by atoms with Gasteiger partial charge in [-0.05, 0) is 39.5 Å². The number of nitrogens with zero attached hydrogens (tertiary/aromatic N) is 1. The quantitative estimate of drug-likeness (QED) is 0.305. The lowest BCUT2D eigenvalue weighted by Gasteiger charge is -2.23. The first-order valence-corrected chi connectivity index (χ1v) is 6.26. The third kappa shape index (κ3) is 8.65. The molecule has 0 aromatic carbocycles. The first kappa shape index (κ1) is 17.0. The SMILES string of the molecule is CC(C)(C)NCCNC(N)=NCC1CCC1.I. The maximum Gasteiger partial charge on any atom is 0.188 e. The maximum atomic E-state index is 5.76. The lowest BCUT2D eigenvalue weighted by Crippen LogP contribution is -2.43. The number of hydrogen-bond acceptors (Lipinski definition) is 2. The molecule has 0 aromatic rings. The molecule has 1 aliphatic rings. The van der Waals surface area contributed by atoms with Crippen molar-refractivity contribution >= 4 is 29.9 Å². The van der Waals surface area contributed by atoms with Crippen LogP contribution >= 0.6 is 24.0 Å². The van der Waals surface area contributed by atoms with Crippen molar-refractivity contribution in [3.8, 4) is 0 Å². The number of rotatable bonds is 5. The first-order valence-electron chi connectivity index (χ1n) is 6.26. The van der Waals surface area contributed by atoms with Crippen LogP contribution in [-0.4, -0.2) is 31.1 Å². The van der Waals surface area contributed by atoms with Crippen LogP contribution in [0, 0.1) is 5.92 Å². The molecule has 1 aliphatic carbocycles. The summed E-state index contributed by atoms with van der Waals surface area (Å²) >= 11 is 0. The summed E-state index contributed by atoms with van der Waals surface area (Å²) in [4.78, 5) is 4.34. The van der Waals surface area contributed by atoms with Crippen LogP contribution in [-0.2, 0) is 0 Å². The highest BCUT2D eigenvalue weighted by molar-refractivity contribution is 14.0. The Bertz CT molecular complexity index is 231. The number of halogens is 1. The summed E-state index contributed by atoms with van der Waals surface area (Å²) in [5.41, 5.74) is 5.93. The summed E-state index contributed by atoms with van der Waals surface area (Å²) in [6.45, 7) is 9.09. The Hall–Kier alpha value is -0.0400. The average molecular weight is 354 g/mol. The predicted molar refractivity (Wildman–Crippen MR) is 85.0 cm³/mol. The molecule has 0 amide bonds. The summed E-state index contributed by atoms with van der Waals surface area (Å²) < 4.78 is 0. The van der Waals surface area contributed by atoms with Gasteiger partial charge >= 0.3 is 0 Å². The van der Waals surface area contributed by atoms with E-state index < -0.39 is 0 Å². The van der Waals surface area contributed by atoms with Crippen molar-refractivity contribution in [1.82, 2.24) is 10.6 Å². The van der Waals surface area contributed by atoms with Crippen LogP contribution in [0.1, 0.15) is 40.0 Å². The fraction of sp³-hybridized carbons (Fsp3) is 0.917. The van der Waals surface area contributed by atoms with E-state index in [4.69, 9.17) is 5.73 Å². The van der Waals surface area contributed by atoms with Crippen molar-refractivity contribution < 1.29 is 0 Å². The molecule has 0 saturated heterocycles. The van der Waals surface area contributed by atoms with Crippen LogP contribution in [0.5, 0.6) is 0 Å². The summed E-state index contributed by atoms with van der Waals surface area (Å²) in [7, 11) is 0. The van der Waals surface area contributed by atoms with Crippen LogP contribution in [0.3, 0.4) is 0 Å². The minimum absolute atomic E-state index is 0. The van der Waals surface area contributed by atoms with E-state index in [1.807, 2.05) is 0 Å². The molecule has 17 heavy (non-hydrogen) atoms. The Morgan fingerprint density at radius 2 is 1.94 bits per heavy atom. The zero-order valence-electron chi connectivity index (χ0n) is 11.3. The highest BCUT2D eigenvalue weighted by atomic mass is 127. The fourth-order valence-electron chi connectivity index (χ4n) is 1.59. The second-order valence-electron chi connectivity index (χ2n) is 5.63. The van der Waals surface area contributed by atoms with Gasteiger partial charge in [0.25, 0.3) is 0 Å². The Morgan fingerprint density at radius 3 is 2.41 bits per heavy atom. The van der Waals surface area contributed by atoms with Crippen molar-refractivity contribution in [3.63, 3.8) is 0 Å². The van der Waals surface area contributed by atoms with E-state index in [-0.39, 0.29) is 29.5 Å². The van der Waals surface area contributed by atoms with Crippen LogP contribution in [0.25, 0.3) is 0 Å². The normalized spacial score (nSPS) is 17.2. The number of hydrogen-bond donors (Lipinski definition) is 3. The molecule has 0 radical (unpaired) electrons. The minimum atomic E-state index is 0. The van der Waals surface area contributed by atoms with Gasteiger partial charge in [0.1, 0.15) is 0 Å². The topological polar surface area (TPSA) is 62.4 Å². The van der Waals surface area contributed by atoms with Gasteiger partial charge in [-0.3, -0.25) is 4.99 Å². The zero-order valence-corrected chi connectivity index (χ0v) is 13.6. The molecule has 0 heterocycles. The molecule has 0 aliphatic heterocycles. The number of guanidine groups is 1. The summed E-state index contributed by atoms with van der Waals surface area (Å²) in [5.74, 6) is 1.37. The van der Waals surface area contributed by atoms with E-state index >= 15 is 0 Å². The molecular formula is C12H27IN4. The van der Waals surface area contributed by atoms with Crippen LogP contribution < -0.4 is 16.4 Å². The van der Waals surface area contributed by atoms with E-state index in [1.165, 1.54) is 19.3 Å². The molecule has 1 rings (SSSR count). The molecule has 102 valence electrons. The van der Waals surface area contributed by atoms with Gasteiger partial charge < -0.3 is 16.4 Å². The van der Waals surface area contributed by atoms with Gasteiger partial charge in [0, 0.05) is 25.2 Å². The van der Waals surface area contributed by atoms with Gasteiger partial charge in [-0.15, -0.1) is 24.0 Å². The average Bonchev–Trinajstić information content (AvgIpc) is 2.08. The van der Waals surface area contributed by atoms with Crippen molar-refractivity contribution in [2.45, 2.75) is 45.6 Å². The van der Waals surface area contributed by atoms with Gasteiger partial charge in [-0.25, -0.2) is 0 Å². The van der Waals surface area contributed by atoms with Crippen molar-refractivity contribution in [2.24, 2.45) is 16.6 Å². The Morgan fingerprint density at radius 1 is 1.29 bits per heavy atom. The molecule has 0 bridgehead atoms. The Balaban J connectivity index is 0.00000256. The van der Waals surface area contributed by atoms with E-state index in [9.17, 15) is 0 Å². The molecule has 4 nitrogen and oxygen atoms in total. The lowest BCUT2D eigenvalue weighted by molar-refractivity contribution is 0.326. The molecule has 5 heteroatoms. The maximum absolute atomic E-state index is 5.76. The van der Waals surface area contributed by atoms with Gasteiger partial charge in [-0.1, -0.05) is 6.42 Å². The largest absolute Gasteiger partial charge is 0.370 e. The van der Waals surface area contributed by atoms with E-state index in [0.29, 0.717) is 5.96 Å². The van der Waals surface area contributed by atoms with Gasteiger partial charge in [0.2, 0.25) is 0 Å². The predicted octanol–water partition coefficient (Wildman–Crippen LogP) is 1.70. The Kier molecular flexibility index (Phi) is 8.11. The van der Waals surface area contributed by atoms with Crippen LogP contribution in [0.2, 0.25) is 0 Å². The molecule has 1 saturated carbocycles. The zero-order chi connectivity index (χ0) is 12.0. The standard InChI is InChI=1S/C12H26N4.HI/c1-12(2,3)16-8-7-14-11(13)15-9-10-5-4-6-10;/h10,16H,4-9H2,1-3H3,(H3,13,14,15);1H. The molecule has 1 fully saturated rings. The second kappa shape index (κ2) is 8.13. The monoisotopic (exact) mass is 354 g/mol. The van der Waals surface area contributed by atoms with Gasteiger partial charge in [0.15, 0.2) is 5.96 Å². The van der Waals surface area contributed by atoms with Crippen LogP contribution in [0.15, 0.2) is 4.99 Å². The third-order valence-electron chi connectivity index (χ3n) is 2.83. The van der Waals surface area contributed by atoms with E-state index in [1.54, 1.807) is 0 Å². The molecular weight excluding hydrogens is 327 g/mol. The van der Waals surface area contributed by atoms with Crippen molar-refractivity contribution in [1.29, 1.82) is 0 Å². The molecule has 0 aromatic heterocycles. The highest BCUT2D eigenvalue weighted by Crippen LogP contribution is 2.26. The van der Waals surface area contributed by atoms with Crippen molar-refractivity contribution in [2.75, 3.05) is 19.6 Å². The van der Waals surface area contributed by atoms with Gasteiger partial charge in [-0.2, -0.15) is 0 Å². The number of aliphatic imine (C=N–C) groups is 1. The van der Waals surface area contributed by atoms with Gasteiger partial charge in [0.05, 0.1) is 0 Å². The van der Waals surface area contributed by atoms with E-state index in [2.05, 4.69) is 36.4 Å². The Labute approximate surface area is 122 Å². The second-order valence-corrected chi connectivity index (χ2v) is 5.63. The molecule has 4 N–H and O–H groups in total. The summed E-state index contributed by atoms with van der Waals surface area (Å²) in [6, 6.07) is 0. The molecule has 0 unspecified atom stereocenters. The third-order valence-corrected chi connectivity index (χ3v) is 2.83. The highest BCUT2D eigenvalue weighted by Gasteiger charge is 2.16. The molecule has 0 atom stereocenters. The smallest absolute Gasteiger partial charge is 0.188 e. The number of nitrogens with two attached hydrogens (primary N) is 1. The fourth-order valence-corrected chi connectivity index (χ4v) is 1.59. The number of nitrogens with one attached hydrogen (secondary N) is 2.